The van der Waals surface area contributed by atoms with E-state index in [0.717, 1.165) is 20.3 Å². The van der Waals surface area contributed by atoms with Crippen molar-refractivity contribution >= 4 is 22.6 Å². The third-order valence-electron chi connectivity index (χ3n) is 3.02. The lowest BCUT2D eigenvalue weighted by molar-refractivity contribution is 0.523. The third-order valence-corrected chi connectivity index (χ3v) is 4.09. The average Bonchev–Trinajstić information content (AvgIpc) is 2.51. The zero-order chi connectivity index (χ0) is 13.9. The van der Waals surface area contributed by atoms with Crippen molar-refractivity contribution in [1.29, 1.82) is 0 Å². The molecule has 0 saturated heterocycles. The molecule has 3 rings (SSSR count). The smallest absolute Gasteiger partial charge is 0.336 e. The fourth-order valence-electron chi connectivity index (χ4n) is 2.08. The largest absolute Gasteiger partial charge is 0.422 e. The first-order chi connectivity index (χ1) is 9.75. The summed E-state index contributed by atoms with van der Waals surface area (Å²) < 4.78 is 6.34. The van der Waals surface area contributed by atoms with Crippen LogP contribution < -0.4 is 5.63 Å². The maximum absolute atomic E-state index is 11.8. The maximum atomic E-state index is 11.8. The van der Waals surface area contributed by atoms with Gasteiger partial charge in [0.2, 0.25) is 0 Å². The quantitative estimate of drug-likeness (QED) is 0.615. The summed E-state index contributed by atoms with van der Waals surface area (Å²) in [5.74, 6) is 0.623. The van der Waals surface area contributed by atoms with Gasteiger partial charge in [0.15, 0.2) is 5.76 Å². The summed E-state index contributed by atoms with van der Waals surface area (Å²) in [6.45, 7) is 0. The van der Waals surface area contributed by atoms with E-state index in [9.17, 15) is 4.79 Å². The van der Waals surface area contributed by atoms with Crippen molar-refractivity contribution in [3.63, 3.8) is 0 Å². The number of halogens is 1. The van der Waals surface area contributed by atoms with E-state index in [2.05, 4.69) is 22.6 Å². The minimum absolute atomic E-state index is 0.330. The molecule has 0 aliphatic rings. The third kappa shape index (κ3) is 2.54. The lowest BCUT2D eigenvalue weighted by Crippen LogP contribution is -2.02. The Morgan fingerprint density at radius 2 is 1.35 bits per heavy atom. The zero-order valence-corrected chi connectivity index (χ0v) is 12.7. The summed E-state index contributed by atoms with van der Waals surface area (Å²) in [4.78, 5) is 11.8. The van der Waals surface area contributed by atoms with Crippen LogP contribution in [0.15, 0.2) is 75.9 Å². The molecule has 0 aliphatic heterocycles. The first-order valence-corrected chi connectivity index (χ1v) is 7.28. The van der Waals surface area contributed by atoms with Crippen LogP contribution in [-0.4, -0.2) is 0 Å². The molecule has 98 valence electrons. The average molecular weight is 374 g/mol. The van der Waals surface area contributed by atoms with E-state index >= 15 is 0 Å². The Hall–Kier alpha value is -1.88. The van der Waals surface area contributed by atoms with Crippen LogP contribution in [0, 0.1) is 3.57 Å². The SMILES string of the molecule is O=c1cc(-c2ccccc2)c(I)c(-c2ccccc2)o1. The summed E-state index contributed by atoms with van der Waals surface area (Å²) in [5, 5.41) is 0. The van der Waals surface area contributed by atoms with Gasteiger partial charge in [-0.2, -0.15) is 0 Å². The molecule has 3 aromatic rings. The molecule has 0 aliphatic carbocycles. The molecule has 2 nitrogen and oxygen atoms in total. The first-order valence-electron chi connectivity index (χ1n) is 6.20. The minimum atomic E-state index is -0.330. The summed E-state index contributed by atoms with van der Waals surface area (Å²) >= 11 is 2.23. The molecule has 0 amide bonds. The van der Waals surface area contributed by atoms with Crippen molar-refractivity contribution < 1.29 is 4.42 Å². The van der Waals surface area contributed by atoms with E-state index in [1.807, 2.05) is 60.7 Å². The number of rotatable bonds is 2. The van der Waals surface area contributed by atoms with Crippen LogP contribution in [0.25, 0.3) is 22.5 Å². The molecule has 0 spiro atoms. The lowest BCUT2D eigenvalue weighted by Gasteiger charge is -2.08. The Morgan fingerprint density at radius 1 is 0.800 bits per heavy atom. The molecule has 0 N–H and O–H groups in total. The Kier molecular flexibility index (Phi) is 3.69. The molecule has 1 heterocycles. The summed E-state index contributed by atoms with van der Waals surface area (Å²) in [7, 11) is 0. The van der Waals surface area contributed by atoms with Crippen LogP contribution in [0.3, 0.4) is 0 Å². The van der Waals surface area contributed by atoms with Gasteiger partial charge in [-0.15, -0.1) is 0 Å². The molecule has 0 atom stereocenters. The monoisotopic (exact) mass is 374 g/mol. The molecule has 3 heteroatoms. The predicted octanol–water partition coefficient (Wildman–Crippen LogP) is 4.58. The molecular weight excluding hydrogens is 363 g/mol. The van der Waals surface area contributed by atoms with Crippen LogP contribution in [0.4, 0.5) is 0 Å². The van der Waals surface area contributed by atoms with Crippen molar-refractivity contribution in [1.82, 2.24) is 0 Å². The number of benzene rings is 2. The van der Waals surface area contributed by atoms with E-state index in [0.29, 0.717) is 5.76 Å². The normalized spacial score (nSPS) is 10.4. The number of hydrogen-bond donors (Lipinski definition) is 0. The highest BCUT2D eigenvalue weighted by atomic mass is 127. The topological polar surface area (TPSA) is 30.2 Å². The van der Waals surface area contributed by atoms with Gasteiger partial charge in [0.1, 0.15) is 0 Å². The second kappa shape index (κ2) is 5.63. The molecule has 2 aromatic carbocycles. The van der Waals surface area contributed by atoms with Gasteiger partial charge in [-0.3, -0.25) is 0 Å². The highest BCUT2D eigenvalue weighted by molar-refractivity contribution is 14.1. The molecule has 0 bridgehead atoms. The Balaban J connectivity index is 2.24. The van der Waals surface area contributed by atoms with Gasteiger partial charge in [-0.1, -0.05) is 60.7 Å². The Bertz CT molecular complexity index is 713. The molecule has 20 heavy (non-hydrogen) atoms. The zero-order valence-electron chi connectivity index (χ0n) is 10.5. The van der Waals surface area contributed by atoms with Gasteiger partial charge in [0.05, 0.1) is 3.57 Å². The van der Waals surface area contributed by atoms with E-state index < -0.39 is 0 Å². The van der Waals surface area contributed by atoms with Crippen molar-refractivity contribution in [3.05, 3.63) is 80.7 Å². The van der Waals surface area contributed by atoms with Gasteiger partial charge in [-0.25, -0.2) is 4.79 Å². The lowest BCUT2D eigenvalue weighted by atomic mass is 10.0. The molecule has 0 saturated carbocycles. The molecule has 0 fully saturated rings. The fraction of sp³-hybridized carbons (Fsp3) is 0. The van der Waals surface area contributed by atoms with Gasteiger partial charge in [-0.05, 0) is 28.2 Å². The summed E-state index contributed by atoms with van der Waals surface area (Å²) in [6, 6.07) is 21.1. The van der Waals surface area contributed by atoms with Crippen molar-refractivity contribution in [2.75, 3.05) is 0 Å². The minimum Gasteiger partial charge on any atom is -0.422 e. The second-order valence-electron chi connectivity index (χ2n) is 4.35. The molecule has 0 unspecified atom stereocenters. The first kappa shape index (κ1) is 13.1. The Labute approximate surface area is 130 Å². The molecule has 0 radical (unpaired) electrons. The summed E-state index contributed by atoms with van der Waals surface area (Å²) in [5.41, 5.74) is 2.50. The van der Waals surface area contributed by atoms with Gasteiger partial charge in [0.25, 0.3) is 0 Å². The second-order valence-corrected chi connectivity index (χ2v) is 5.43. The molecular formula is C17H11IO2. The maximum Gasteiger partial charge on any atom is 0.336 e. The number of hydrogen-bond acceptors (Lipinski definition) is 2. The van der Waals surface area contributed by atoms with Gasteiger partial charge < -0.3 is 4.42 Å². The van der Waals surface area contributed by atoms with E-state index in [-0.39, 0.29) is 5.63 Å². The van der Waals surface area contributed by atoms with Crippen molar-refractivity contribution in [2.24, 2.45) is 0 Å². The van der Waals surface area contributed by atoms with Crippen molar-refractivity contribution in [3.8, 4) is 22.5 Å². The molecule has 1 aromatic heterocycles. The Morgan fingerprint density at radius 3 is 1.95 bits per heavy atom. The fourth-order valence-corrected chi connectivity index (χ4v) is 2.97. The van der Waals surface area contributed by atoms with E-state index in [1.54, 1.807) is 6.07 Å². The predicted molar refractivity (Wildman–Crippen MR) is 88.6 cm³/mol. The standard InChI is InChI=1S/C17H11IO2/c18-16-14(12-7-3-1-4-8-12)11-15(19)20-17(16)13-9-5-2-6-10-13/h1-11H. The highest BCUT2D eigenvalue weighted by Gasteiger charge is 2.13. The van der Waals surface area contributed by atoms with Gasteiger partial charge >= 0.3 is 5.63 Å². The highest BCUT2D eigenvalue weighted by Crippen LogP contribution is 2.31. The van der Waals surface area contributed by atoms with Crippen molar-refractivity contribution in [2.45, 2.75) is 0 Å². The van der Waals surface area contributed by atoms with Crippen LogP contribution in [0.2, 0.25) is 0 Å². The summed E-state index contributed by atoms with van der Waals surface area (Å²) in [6.07, 6.45) is 0. The van der Waals surface area contributed by atoms with E-state index in [4.69, 9.17) is 4.42 Å². The van der Waals surface area contributed by atoms with E-state index in [1.165, 1.54) is 0 Å². The van der Waals surface area contributed by atoms with Crippen LogP contribution in [0.1, 0.15) is 0 Å². The van der Waals surface area contributed by atoms with Gasteiger partial charge in [0, 0.05) is 17.2 Å². The van der Waals surface area contributed by atoms with Crippen LogP contribution in [-0.2, 0) is 0 Å². The van der Waals surface area contributed by atoms with Crippen LogP contribution in [0.5, 0.6) is 0 Å². The van der Waals surface area contributed by atoms with Crippen LogP contribution >= 0.6 is 22.6 Å².